The normalized spacial score (nSPS) is 13.5. The van der Waals surface area contributed by atoms with Crippen LogP contribution in [-0.4, -0.2) is 49.3 Å². The number of carbonyl (C=O) groups excluding carboxylic acids is 1. The molecule has 0 aliphatic carbocycles. The Hall–Kier alpha value is -2.35. The number of nitrogens with one attached hydrogen (secondary N) is 3. The summed E-state index contributed by atoms with van der Waals surface area (Å²) in [4.78, 5) is 11.5. The van der Waals surface area contributed by atoms with Crippen LogP contribution in [0.15, 0.2) is 42.5 Å². The van der Waals surface area contributed by atoms with Crippen molar-refractivity contribution in [2.24, 2.45) is 0 Å². The standard InChI is InChI=1S/C27H39F2N3O2/c1-19(33)32-25(16-21-14-23(28)17-24(29)15-21)26(34)18-31-11-6-10-30-12-9-20-7-5-8-22(13-20)27(2,3)4/h5,7-8,13-15,17,25-26,30-31,34H,6,9-12,16,18H2,1-4H3,(H,32,33). The first kappa shape index (κ1) is 27.9. The molecule has 0 aliphatic rings. The van der Waals surface area contributed by atoms with Crippen LogP contribution in [0.25, 0.3) is 0 Å². The molecule has 4 N–H and O–H groups in total. The van der Waals surface area contributed by atoms with Crippen molar-refractivity contribution in [3.63, 3.8) is 0 Å². The largest absolute Gasteiger partial charge is 0.390 e. The number of aliphatic hydroxyl groups excluding tert-OH is 1. The maximum absolute atomic E-state index is 13.5. The third-order valence-electron chi connectivity index (χ3n) is 5.68. The summed E-state index contributed by atoms with van der Waals surface area (Å²) in [6.45, 7) is 10.7. The maximum Gasteiger partial charge on any atom is 0.217 e. The van der Waals surface area contributed by atoms with Gasteiger partial charge in [-0.2, -0.15) is 0 Å². The van der Waals surface area contributed by atoms with Gasteiger partial charge < -0.3 is 21.1 Å². The molecular formula is C27H39F2N3O2. The minimum atomic E-state index is -0.890. The lowest BCUT2D eigenvalue weighted by Crippen LogP contribution is -2.48. The third kappa shape index (κ3) is 10.3. The molecule has 0 aromatic heterocycles. The van der Waals surface area contributed by atoms with Gasteiger partial charge in [0.25, 0.3) is 0 Å². The van der Waals surface area contributed by atoms with Gasteiger partial charge in [0.15, 0.2) is 0 Å². The summed E-state index contributed by atoms with van der Waals surface area (Å²) in [5, 5.41) is 19.8. The van der Waals surface area contributed by atoms with Gasteiger partial charge in [-0.3, -0.25) is 4.79 Å². The Morgan fingerprint density at radius 3 is 2.29 bits per heavy atom. The molecule has 0 bridgehead atoms. The van der Waals surface area contributed by atoms with Gasteiger partial charge in [-0.1, -0.05) is 45.0 Å². The van der Waals surface area contributed by atoms with Gasteiger partial charge in [0.1, 0.15) is 11.6 Å². The first-order valence-electron chi connectivity index (χ1n) is 12.0. The molecule has 0 spiro atoms. The van der Waals surface area contributed by atoms with E-state index in [9.17, 15) is 18.7 Å². The van der Waals surface area contributed by atoms with E-state index in [0.29, 0.717) is 12.1 Å². The predicted octanol–water partition coefficient (Wildman–Crippen LogP) is 3.48. The van der Waals surface area contributed by atoms with E-state index in [4.69, 9.17) is 0 Å². The minimum Gasteiger partial charge on any atom is -0.390 e. The first-order chi connectivity index (χ1) is 16.0. The van der Waals surface area contributed by atoms with Crippen LogP contribution in [0.3, 0.4) is 0 Å². The number of carbonyl (C=O) groups is 1. The summed E-state index contributed by atoms with van der Waals surface area (Å²) in [6.07, 6.45) is 1.09. The third-order valence-corrected chi connectivity index (χ3v) is 5.68. The lowest BCUT2D eigenvalue weighted by molar-refractivity contribution is -0.120. The Bertz CT molecular complexity index is 895. The fourth-order valence-electron chi connectivity index (χ4n) is 3.81. The Balaban J connectivity index is 1.68. The van der Waals surface area contributed by atoms with E-state index in [1.165, 1.54) is 30.2 Å². The highest BCUT2D eigenvalue weighted by atomic mass is 19.1. The molecule has 34 heavy (non-hydrogen) atoms. The fraction of sp³-hybridized carbons (Fsp3) is 0.519. The summed E-state index contributed by atoms with van der Waals surface area (Å²) in [7, 11) is 0. The van der Waals surface area contributed by atoms with Crippen LogP contribution in [0.4, 0.5) is 8.78 Å². The summed E-state index contributed by atoms with van der Waals surface area (Å²) < 4.78 is 26.9. The second-order valence-corrected chi connectivity index (χ2v) is 9.86. The molecule has 0 saturated carbocycles. The SMILES string of the molecule is CC(=O)NC(Cc1cc(F)cc(F)c1)C(O)CNCCCNCCc1cccc(C(C)(C)C)c1. The van der Waals surface area contributed by atoms with Crippen molar-refractivity contribution in [1.82, 2.24) is 16.0 Å². The van der Waals surface area contributed by atoms with E-state index in [0.717, 1.165) is 32.0 Å². The summed E-state index contributed by atoms with van der Waals surface area (Å²) >= 11 is 0. The van der Waals surface area contributed by atoms with Gasteiger partial charge in [-0.05, 0) is 73.1 Å². The molecule has 2 atom stereocenters. The smallest absolute Gasteiger partial charge is 0.217 e. The molecule has 2 rings (SSSR count). The van der Waals surface area contributed by atoms with Crippen LogP contribution in [0, 0.1) is 11.6 Å². The highest BCUT2D eigenvalue weighted by Gasteiger charge is 2.21. The molecule has 5 nitrogen and oxygen atoms in total. The number of hydrogen-bond acceptors (Lipinski definition) is 4. The molecule has 1 amide bonds. The van der Waals surface area contributed by atoms with Crippen molar-refractivity contribution in [1.29, 1.82) is 0 Å². The highest BCUT2D eigenvalue weighted by Crippen LogP contribution is 2.22. The van der Waals surface area contributed by atoms with Crippen molar-refractivity contribution in [3.8, 4) is 0 Å². The molecule has 0 radical (unpaired) electrons. The van der Waals surface area contributed by atoms with Crippen molar-refractivity contribution >= 4 is 5.91 Å². The van der Waals surface area contributed by atoms with E-state index >= 15 is 0 Å². The molecule has 2 aromatic carbocycles. The van der Waals surface area contributed by atoms with Crippen molar-refractivity contribution in [2.75, 3.05) is 26.2 Å². The van der Waals surface area contributed by atoms with Gasteiger partial charge in [-0.15, -0.1) is 0 Å². The van der Waals surface area contributed by atoms with Crippen molar-refractivity contribution in [3.05, 3.63) is 70.8 Å². The predicted molar refractivity (Wildman–Crippen MR) is 133 cm³/mol. The Kier molecular flexibility index (Phi) is 11.1. The molecule has 7 heteroatoms. The van der Waals surface area contributed by atoms with E-state index in [-0.39, 0.29) is 24.3 Å². The van der Waals surface area contributed by atoms with Gasteiger partial charge in [0.2, 0.25) is 5.91 Å². The number of hydrogen-bond donors (Lipinski definition) is 4. The number of amides is 1. The highest BCUT2D eigenvalue weighted by molar-refractivity contribution is 5.73. The van der Waals surface area contributed by atoms with Crippen molar-refractivity contribution in [2.45, 2.75) is 64.5 Å². The average molecular weight is 476 g/mol. The molecule has 2 unspecified atom stereocenters. The second kappa shape index (κ2) is 13.5. The molecule has 0 saturated heterocycles. The lowest BCUT2D eigenvalue weighted by Gasteiger charge is -2.24. The zero-order chi connectivity index (χ0) is 25.1. The minimum absolute atomic E-state index is 0.134. The van der Waals surface area contributed by atoms with Gasteiger partial charge in [0.05, 0.1) is 12.1 Å². The van der Waals surface area contributed by atoms with E-state index in [1.807, 2.05) is 0 Å². The van der Waals surface area contributed by atoms with Crippen LogP contribution in [0.1, 0.15) is 50.8 Å². The topological polar surface area (TPSA) is 73.4 Å². The molecular weight excluding hydrogens is 436 g/mol. The van der Waals surface area contributed by atoms with Gasteiger partial charge >= 0.3 is 0 Å². The molecule has 188 valence electrons. The van der Waals surface area contributed by atoms with Crippen LogP contribution in [0.2, 0.25) is 0 Å². The van der Waals surface area contributed by atoms with Crippen LogP contribution in [0.5, 0.6) is 0 Å². The number of rotatable bonds is 13. The Labute approximate surface area is 202 Å². The fourth-order valence-corrected chi connectivity index (χ4v) is 3.81. The Morgan fingerprint density at radius 1 is 0.971 bits per heavy atom. The monoisotopic (exact) mass is 475 g/mol. The Morgan fingerprint density at radius 2 is 1.65 bits per heavy atom. The van der Waals surface area contributed by atoms with Crippen molar-refractivity contribution < 1.29 is 18.7 Å². The zero-order valence-corrected chi connectivity index (χ0v) is 20.8. The van der Waals surface area contributed by atoms with Crippen LogP contribution >= 0.6 is 0 Å². The summed E-state index contributed by atoms with van der Waals surface area (Å²) in [5.74, 6) is -1.67. The molecule has 0 heterocycles. The second-order valence-electron chi connectivity index (χ2n) is 9.86. The maximum atomic E-state index is 13.5. The quantitative estimate of drug-likeness (QED) is 0.335. The van der Waals surface area contributed by atoms with Gasteiger partial charge in [0, 0.05) is 19.5 Å². The van der Waals surface area contributed by atoms with Crippen LogP contribution in [-0.2, 0) is 23.1 Å². The van der Waals surface area contributed by atoms with E-state index < -0.39 is 23.8 Å². The van der Waals surface area contributed by atoms with Crippen LogP contribution < -0.4 is 16.0 Å². The molecule has 2 aromatic rings. The number of halogens is 2. The van der Waals surface area contributed by atoms with E-state index in [1.54, 1.807) is 0 Å². The van der Waals surface area contributed by atoms with Gasteiger partial charge in [-0.25, -0.2) is 8.78 Å². The molecule has 0 aliphatic heterocycles. The number of benzene rings is 2. The zero-order valence-electron chi connectivity index (χ0n) is 20.8. The summed E-state index contributed by atoms with van der Waals surface area (Å²) in [5.41, 5.74) is 3.19. The lowest BCUT2D eigenvalue weighted by atomic mass is 9.86. The first-order valence-corrected chi connectivity index (χ1v) is 12.0. The summed E-state index contributed by atoms with van der Waals surface area (Å²) in [6, 6.07) is 11.3. The molecule has 0 fully saturated rings. The average Bonchev–Trinajstić information content (AvgIpc) is 2.73. The van der Waals surface area contributed by atoms with E-state index in [2.05, 4.69) is 61.0 Å². The number of aliphatic hydroxyl groups is 1.